The Morgan fingerprint density at radius 2 is 1.78 bits per heavy atom. The summed E-state index contributed by atoms with van der Waals surface area (Å²) in [5.74, 6) is -1.81. The molecule has 240 valence electrons. The van der Waals surface area contributed by atoms with E-state index in [-0.39, 0.29) is 30.9 Å². The fraction of sp³-hybridized carbons (Fsp3) is 0.472. The number of carbonyl (C=O) groups excluding carboxylic acids is 3. The van der Waals surface area contributed by atoms with E-state index in [1.54, 1.807) is 58.2 Å². The standard InChI is InChI=1S/C36H45N3O6/c1-6-20-37(21-7-2)32(41)29-30-33(42)39(27(24-40)23-25-12-10-9-11-13-25)31(36(30)19-18-35(29,4)45-36)34(43)38(22-8-3)26-14-16-28(44-5)17-15-26/h6,8-17,27,29-31,40H,1,3,7,18-24H2,2,4-5H3/t27-,29+,30+,31?,35-,36?/m1/s1. The highest BCUT2D eigenvalue weighted by Crippen LogP contribution is 2.64. The molecule has 2 bridgehead atoms. The Bertz CT molecular complexity index is 1410. The molecular weight excluding hydrogens is 570 g/mol. The molecule has 6 atom stereocenters. The van der Waals surface area contributed by atoms with Crippen LogP contribution >= 0.6 is 0 Å². The quantitative estimate of drug-likeness (QED) is 0.323. The predicted octanol–water partition coefficient (Wildman–Crippen LogP) is 4.01. The lowest BCUT2D eigenvalue weighted by Crippen LogP contribution is -2.59. The molecule has 0 radical (unpaired) electrons. The van der Waals surface area contributed by atoms with Crippen molar-refractivity contribution in [2.45, 2.75) is 62.8 Å². The molecule has 3 aliphatic heterocycles. The fourth-order valence-electron chi connectivity index (χ4n) is 7.82. The number of likely N-dealkylation sites (tertiary alicyclic amines) is 1. The van der Waals surface area contributed by atoms with Crippen molar-refractivity contribution < 1.29 is 29.0 Å². The zero-order chi connectivity index (χ0) is 32.4. The lowest BCUT2D eigenvalue weighted by molar-refractivity contribution is -0.152. The normalized spacial score (nSPS) is 27.2. The number of anilines is 1. The van der Waals surface area contributed by atoms with Crippen LogP contribution in [0.3, 0.4) is 0 Å². The number of rotatable bonds is 14. The molecule has 9 nitrogen and oxygen atoms in total. The number of fused-ring (bicyclic) bond motifs is 1. The zero-order valence-corrected chi connectivity index (χ0v) is 26.6. The minimum atomic E-state index is -1.23. The van der Waals surface area contributed by atoms with Crippen molar-refractivity contribution >= 4 is 23.4 Å². The van der Waals surface area contributed by atoms with Crippen molar-refractivity contribution in [1.82, 2.24) is 9.80 Å². The molecular formula is C36H45N3O6. The molecule has 5 rings (SSSR count). The molecule has 3 amide bonds. The van der Waals surface area contributed by atoms with Crippen LogP contribution in [-0.4, -0.2) is 89.3 Å². The van der Waals surface area contributed by atoms with Crippen LogP contribution in [0.2, 0.25) is 0 Å². The average Bonchev–Trinajstić information content (AvgIpc) is 3.63. The molecule has 45 heavy (non-hydrogen) atoms. The summed E-state index contributed by atoms with van der Waals surface area (Å²) in [5, 5.41) is 10.8. The van der Waals surface area contributed by atoms with Gasteiger partial charge in [0.1, 0.15) is 17.4 Å². The van der Waals surface area contributed by atoms with Crippen LogP contribution in [0, 0.1) is 11.8 Å². The molecule has 0 aliphatic carbocycles. The maximum Gasteiger partial charge on any atom is 0.253 e. The van der Waals surface area contributed by atoms with Gasteiger partial charge in [0.25, 0.3) is 5.91 Å². The largest absolute Gasteiger partial charge is 0.497 e. The second kappa shape index (κ2) is 13.2. The lowest BCUT2D eigenvalue weighted by atomic mass is 9.66. The van der Waals surface area contributed by atoms with Gasteiger partial charge in [0, 0.05) is 25.3 Å². The second-order valence-electron chi connectivity index (χ2n) is 12.5. The molecule has 1 spiro atoms. The number of hydrogen-bond acceptors (Lipinski definition) is 6. The van der Waals surface area contributed by atoms with Gasteiger partial charge in [0.2, 0.25) is 11.8 Å². The molecule has 3 aliphatic rings. The third-order valence-corrected chi connectivity index (χ3v) is 9.75. The first kappa shape index (κ1) is 32.4. The van der Waals surface area contributed by atoms with Crippen LogP contribution in [0.4, 0.5) is 5.69 Å². The summed E-state index contributed by atoms with van der Waals surface area (Å²) in [5.41, 5.74) is -0.603. The van der Waals surface area contributed by atoms with Crippen LogP contribution in [-0.2, 0) is 25.5 Å². The minimum Gasteiger partial charge on any atom is -0.497 e. The topological polar surface area (TPSA) is 99.6 Å². The molecule has 2 aromatic rings. The van der Waals surface area contributed by atoms with E-state index < -0.39 is 35.1 Å². The van der Waals surface area contributed by atoms with E-state index in [2.05, 4.69) is 13.2 Å². The number of benzene rings is 2. The highest BCUT2D eigenvalue weighted by Gasteiger charge is 2.78. The Balaban J connectivity index is 1.63. The number of carbonyl (C=O) groups is 3. The molecule has 3 fully saturated rings. The second-order valence-corrected chi connectivity index (χ2v) is 12.5. The summed E-state index contributed by atoms with van der Waals surface area (Å²) < 4.78 is 12.2. The summed E-state index contributed by atoms with van der Waals surface area (Å²) in [6, 6.07) is 15.0. The third kappa shape index (κ3) is 5.57. The van der Waals surface area contributed by atoms with Gasteiger partial charge in [0.05, 0.1) is 37.2 Å². The number of aliphatic hydroxyl groups excluding tert-OH is 1. The van der Waals surface area contributed by atoms with Crippen LogP contribution in [0.5, 0.6) is 5.75 Å². The van der Waals surface area contributed by atoms with Crippen LogP contribution in [0.1, 0.15) is 38.7 Å². The molecule has 0 aromatic heterocycles. The molecule has 3 saturated heterocycles. The van der Waals surface area contributed by atoms with Gasteiger partial charge in [0.15, 0.2) is 0 Å². The molecule has 1 N–H and O–H groups in total. The highest BCUT2D eigenvalue weighted by molar-refractivity contribution is 6.05. The first-order valence-corrected chi connectivity index (χ1v) is 15.8. The average molecular weight is 616 g/mol. The minimum absolute atomic E-state index is 0.158. The van der Waals surface area contributed by atoms with Crippen molar-refractivity contribution in [2.24, 2.45) is 11.8 Å². The van der Waals surface area contributed by atoms with E-state index >= 15 is 0 Å². The van der Waals surface area contributed by atoms with Gasteiger partial charge in [-0.1, -0.05) is 49.4 Å². The van der Waals surface area contributed by atoms with Crippen LogP contribution < -0.4 is 9.64 Å². The van der Waals surface area contributed by atoms with E-state index in [4.69, 9.17) is 9.47 Å². The number of ether oxygens (including phenoxy) is 2. The van der Waals surface area contributed by atoms with Gasteiger partial charge in [-0.05, 0) is 62.4 Å². The Labute approximate surface area is 266 Å². The Morgan fingerprint density at radius 1 is 1.09 bits per heavy atom. The van der Waals surface area contributed by atoms with Crippen molar-refractivity contribution in [3.8, 4) is 5.75 Å². The zero-order valence-electron chi connectivity index (χ0n) is 26.6. The van der Waals surface area contributed by atoms with E-state index in [1.807, 2.05) is 44.2 Å². The van der Waals surface area contributed by atoms with E-state index in [1.165, 1.54) is 0 Å². The van der Waals surface area contributed by atoms with Crippen molar-refractivity contribution in [3.63, 3.8) is 0 Å². The van der Waals surface area contributed by atoms with Gasteiger partial charge < -0.3 is 29.3 Å². The number of nitrogens with zero attached hydrogens (tertiary/aromatic N) is 3. The van der Waals surface area contributed by atoms with Crippen molar-refractivity contribution in [2.75, 3.05) is 38.3 Å². The molecule has 2 unspecified atom stereocenters. The van der Waals surface area contributed by atoms with Crippen LogP contribution in [0.25, 0.3) is 0 Å². The Morgan fingerprint density at radius 3 is 2.38 bits per heavy atom. The van der Waals surface area contributed by atoms with Crippen LogP contribution in [0.15, 0.2) is 79.9 Å². The molecule has 9 heteroatoms. The number of methoxy groups -OCH3 is 1. The fourth-order valence-corrected chi connectivity index (χ4v) is 7.82. The summed E-state index contributed by atoms with van der Waals surface area (Å²) in [6.07, 6.45) is 5.41. The summed E-state index contributed by atoms with van der Waals surface area (Å²) in [6.45, 7) is 12.4. The summed E-state index contributed by atoms with van der Waals surface area (Å²) >= 11 is 0. The van der Waals surface area contributed by atoms with Gasteiger partial charge in [-0.15, -0.1) is 13.2 Å². The third-order valence-electron chi connectivity index (χ3n) is 9.75. The highest BCUT2D eigenvalue weighted by atomic mass is 16.5. The molecule has 3 heterocycles. The number of aliphatic hydroxyl groups is 1. The number of hydrogen-bond donors (Lipinski definition) is 1. The van der Waals surface area contributed by atoms with E-state index in [9.17, 15) is 19.5 Å². The van der Waals surface area contributed by atoms with Gasteiger partial charge in [-0.3, -0.25) is 14.4 Å². The van der Waals surface area contributed by atoms with Gasteiger partial charge >= 0.3 is 0 Å². The number of amides is 3. The first-order chi connectivity index (χ1) is 21.7. The predicted molar refractivity (Wildman–Crippen MR) is 173 cm³/mol. The van der Waals surface area contributed by atoms with Crippen molar-refractivity contribution in [1.29, 1.82) is 0 Å². The van der Waals surface area contributed by atoms with Gasteiger partial charge in [-0.2, -0.15) is 0 Å². The monoisotopic (exact) mass is 615 g/mol. The van der Waals surface area contributed by atoms with Crippen molar-refractivity contribution in [3.05, 3.63) is 85.5 Å². The van der Waals surface area contributed by atoms with Gasteiger partial charge in [-0.25, -0.2) is 0 Å². The smallest absolute Gasteiger partial charge is 0.253 e. The van der Waals surface area contributed by atoms with E-state index in [0.717, 1.165) is 12.0 Å². The van der Waals surface area contributed by atoms with E-state index in [0.29, 0.717) is 43.8 Å². The Kier molecular flexibility index (Phi) is 9.51. The summed E-state index contributed by atoms with van der Waals surface area (Å²) in [4.78, 5) is 48.9. The SMILES string of the molecule is C=CCN(CCC)C(=O)[C@@H]1[C@H]2C(=O)N([C@@H](CO)Cc3ccccc3)C(C(=O)N(CC=C)c3ccc(OC)cc3)C23CC[C@@]1(C)O3. The summed E-state index contributed by atoms with van der Waals surface area (Å²) in [7, 11) is 1.58. The Hall–Kier alpha value is -3.95. The first-order valence-electron chi connectivity index (χ1n) is 15.8. The molecule has 2 aromatic carbocycles. The maximum atomic E-state index is 14.9. The molecule has 0 saturated carbocycles. The maximum absolute atomic E-state index is 14.9. The lowest BCUT2D eigenvalue weighted by Gasteiger charge is -2.39.